The van der Waals surface area contributed by atoms with Crippen molar-refractivity contribution in [3.05, 3.63) is 112 Å². The molecule has 0 saturated carbocycles. The number of aromatic amines is 1. The Morgan fingerprint density at radius 3 is 2.68 bits per heavy atom. The molecule has 1 fully saturated rings. The Hall–Kier alpha value is -4.21. The molecular weight excluding hydrogens is 545 g/mol. The van der Waals surface area contributed by atoms with Gasteiger partial charge in [0.1, 0.15) is 18.2 Å². The number of benzene rings is 2. The van der Waals surface area contributed by atoms with E-state index in [0.29, 0.717) is 35.5 Å². The quantitative estimate of drug-likeness (QED) is 0.216. The molecule has 0 atom stereocenters. The molecule has 1 aliphatic rings. The number of aromatic carboxylic acids is 1. The number of hydrogen-bond acceptors (Lipinski definition) is 5. The minimum Gasteiger partial charge on any atom is -0.478 e. The number of rotatable bonds is 9. The van der Waals surface area contributed by atoms with Crippen molar-refractivity contribution < 1.29 is 19.0 Å². The highest BCUT2D eigenvalue weighted by atomic mass is 35.5. The minimum absolute atomic E-state index is 0.0790. The molecule has 0 aliphatic carbocycles. The van der Waals surface area contributed by atoms with E-state index in [9.17, 15) is 14.3 Å². The molecule has 0 unspecified atom stereocenters. The molecule has 0 radical (unpaired) electrons. The van der Waals surface area contributed by atoms with Gasteiger partial charge >= 0.3 is 5.97 Å². The lowest BCUT2D eigenvalue weighted by molar-refractivity contribution is 0.0697. The van der Waals surface area contributed by atoms with Crippen molar-refractivity contribution >= 4 is 28.6 Å². The molecule has 1 saturated heterocycles. The molecule has 1 aliphatic heterocycles. The van der Waals surface area contributed by atoms with Crippen molar-refractivity contribution in [3.63, 3.8) is 0 Å². The van der Waals surface area contributed by atoms with Gasteiger partial charge in [-0.2, -0.15) is 0 Å². The number of nitrogens with one attached hydrogen (secondary N) is 1. The molecule has 3 aromatic heterocycles. The van der Waals surface area contributed by atoms with Gasteiger partial charge < -0.3 is 19.4 Å². The minimum atomic E-state index is -0.954. The van der Waals surface area contributed by atoms with Crippen LogP contribution in [0.3, 0.4) is 0 Å². The van der Waals surface area contributed by atoms with E-state index in [-0.39, 0.29) is 12.2 Å². The number of nitrogens with zero attached hydrogens (tertiary/aromatic N) is 4. The molecule has 0 spiro atoms. The first kappa shape index (κ1) is 27.0. The van der Waals surface area contributed by atoms with E-state index in [1.54, 1.807) is 36.4 Å². The van der Waals surface area contributed by atoms with Crippen molar-refractivity contribution in [2.45, 2.75) is 38.5 Å². The third kappa shape index (κ3) is 6.11. The van der Waals surface area contributed by atoms with E-state index in [0.717, 1.165) is 54.0 Å². The Bertz CT molecular complexity index is 1680. The van der Waals surface area contributed by atoms with Gasteiger partial charge in [-0.15, -0.1) is 0 Å². The number of halogens is 2. The summed E-state index contributed by atoms with van der Waals surface area (Å²) in [6, 6.07) is 17.4. The van der Waals surface area contributed by atoms with Crippen molar-refractivity contribution in [2.75, 3.05) is 13.1 Å². The maximum Gasteiger partial charge on any atom is 0.335 e. The normalized spacial score (nSPS) is 14.5. The topological polar surface area (TPSA) is 96.3 Å². The number of ether oxygens (including phenoxy) is 1. The average Bonchev–Trinajstić information content (AvgIpc) is 3.61. The summed E-state index contributed by atoms with van der Waals surface area (Å²) in [5.74, 6) is 0.317. The Morgan fingerprint density at radius 2 is 1.93 bits per heavy atom. The Labute approximate surface area is 241 Å². The molecule has 8 nitrogen and oxygen atoms in total. The molecule has 5 aromatic rings. The maximum atomic E-state index is 14.1. The van der Waals surface area contributed by atoms with Crippen LogP contribution in [0.4, 0.5) is 4.39 Å². The fourth-order valence-corrected chi connectivity index (χ4v) is 5.52. The maximum absolute atomic E-state index is 14.1. The lowest BCUT2D eigenvalue weighted by Gasteiger charge is -2.31. The number of carboxylic acids is 1. The Morgan fingerprint density at radius 1 is 1.07 bits per heavy atom. The van der Waals surface area contributed by atoms with E-state index in [2.05, 4.69) is 14.5 Å². The molecule has 2 aromatic carbocycles. The van der Waals surface area contributed by atoms with Crippen LogP contribution >= 0.6 is 11.6 Å². The van der Waals surface area contributed by atoms with Crippen LogP contribution in [0.25, 0.3) is 11.0 Å². The standard InChI is InChI=1S/C31H29ClFN5O3/c32-24-6-4-23(25(33)15-24)19-41-30-3-1-2-26(36-30)21-9-12-37(13-10-21)18-29-35-27-7-5-22(31(39)40)14-28(27)38(29)17-20-8-11-34-16-20/h1-8,11,14-16,21,34H,9-10,12-13,17-19H2,(H,39,40). The fourth-order valence-electron chi connectivity index (χ4n) is 5.36. The zero-order chi connectivity index (χ0) is 28.3. The van der Waals surface area contributed by atoms with Gasteiger partial charge in [-0.25, -0.2) is 19.2 Å². The second-order valence-electron chi connectivity index (χ2n) is 10.3. The van der Waals surface area contributed by atoms with E-state index < -0.39 is 11.8 Å². The van der Waals surface area contributed by atoms with Gasteiger partial charge in [-0.05, 0) is 74.0 Å². The smallest absolute Gasteiger partial charge is 0.335 e. The van der Waals surface area contributed by atoms with Gasteiger partial charge in [0.25, 0.3) is 0 Å². The zero-order valence-electron chi connectivity index (χ0n) is 22.3. The number of carboxylic acid groups (broad SMARTS) is 1. The summed E-state index contributed by atoms with van der Waals surface area (Å²) in [5.41, 5.74) is 4.34. The third-order valence-electron chi connectivity index (χ3n) is 7.58. The number of imidazole rings is 1. The second-order valence-corrected chi connectivity index (χ2v) is 10.8. The van der Waals surface area contributed by atoms with E-state index in [1.165, 1.54) is 6.07 Å². The number of piperidine rings is 1. The predicted molar refractivity (Wildman–Crippen MR) is 154 cm³/mol. The summed E-state index contributed by atoms with van der Waals surface area (Å²) in [6.45, 7) is 3.10. The average molecular weight is 574 g/mol. The van der Waals surface area contributed by atoms with Crippen LogP contribution in [-0.4, -0.2) is 48.6 Å². The summed E-state index contributed by atoms with van der Waals surface area (Å²) >= 11 is 5.85. The molecule has 41 heavy (non-hydrogen) atoms. The molecule has 10 heteroatoms. The summed E-state index contributed by atoms with van der Waals surface area (Å²) in [7, 11) is 0. The largest absolute Gasteiger partial charge is 0.478 e. The molecule has 2 N–H and O–H groups in total. The molecule has 0 bridgehead atoms. The van der Waals surface area contributed by atoms with Crippen LogP contribution in [0.1, 0.15) is 51.8 Å². The summed E-state index contributed by atoms with van der Waals surface area (Å²) in [4.78, 5) is 26.7. The summed E-state index contributed by atoms with van der Waals surface area (Å²) in [6.07, 6.45) is 5.69. The van der Waals surface area contributed by atoms with Crippen LogP contribution in [0.2, 0.25) is 5.02 Å². The number of carbonyl (C=O) groups is 1. The highest BCUT2D eigenvalue weighted by Crippen LogP contribution is 2.30. The Balaban J connectivity index is 1.13. The van der Waals surface area contributed by atoms with Crippen molar-refractivity contribution in [2.24, 2.45) is 0 Å². The molecule has 6 rings (SSSR count). The first-order chi connectivity index (χ1) is 19.9. The van der Waals surface area contributed by atoms with Crippen LogP contribution < -0.4 is 4.74 Å². The highest BCUT2D eigenvalue weighted by Gasteiger charge is 2.24. The number of aromatic nitrogens is 4. The number of likely N-dealkylation sites (tertiary alicyclic amines) is 1. The van der Waals surface area contributed by atoms with Crippen LogP contribution in [0.5, 0.6) is 5.88 Å². The monoisotopic (exact) mass is 573 g/mol. The lowest BCUT2D eigenvalue weighted by atomic mass is 9.93. The first-order valence-corrected chi connectivity index (χ1v) is 13.9. The van der Waals surface area contributed by atoms with Gasteiger partial charge in [0.05, 0.1) is 29.7 Å². The van der Waals surface area contributed by atoms with Crippen LogP contribution in [-0.2, 0) is 19.7 Å². The second kappa shape index (κ2) is 11.7. The number of pyridine rings is 1. The van der Waals surface area contributed by atoms with E-state index in [4.69, 9.17) is 26.3 Å². The number of H-pyrrole nitrogens is 1. The van der Waals surface area contributed by atoms with Gasteiger partial charge in [0, 0.05) is 40.7 Å². The highest BCUT2D eigenvalue weighted by molar-refractivity contribution is 6.30. The fraction of sp³-hybridized carbons (Fsp3) is 0.258. The first-order valence-electron chi connectivity index (χ1n) is 13.5. The van der Waals surface area contributed by atoms with E-state index in [1.807, 2.05) is 30.6 Å². The molecular formula is C31H29ClFN5O3. The molecule has 210 valence electrons. The van der Waals surface area contributed by atoms with E-state index >= 15 is 0 Å². The predicted octanol–water partition coefficient (Wildman–Crippen LogP) is 6.26. The van der Waals surface area contributed by atoms with Crippen LogP contribution in [0, 0.1) is 5.82 Å². The molecule has 4 heterocycles. The number of fused-ring (bicyclic) bond motifs is 1. The van der Waals surface area contributed by atoms with Crippen molar-refractivity contribution in [3.8, 4) is 5.88 Å². The van der Waals surface area contributed by atoms with Crippen molar-refractivity contribution in [1.82, 2.24) is 24.4 Å². The van der Waals surface area contributed by atoms with Gasteiger partial charge in [0.2, 0.25) is 5.88 Å². The van der Waals surface area contributed by atoms with Gasteiger partial charge in [-0.3, -0.25) is 4.90 Å². The van der Waals surface area contributed by atoms with Gasteiger partial charge in [-0.1, -0.05) is 23.7 Å². The van der Waals surface area contributed by atoms with Crippen LogP contribution in [0.15, 0.2) is 73.1 Å². The third-order valence-corrected chi connectivity index (χ3v) is 7.82. The van der Waals surface area contributed by atoms with Gasteiger partial charge in [0.15, 0.2) is 0 Å². The Kier molecular flexibility index (Phi) is 7.71. The van der Waals surface area contributed by atoms with Crippen molar-refractivity contribution in [1.29, 1.82) is 0 Å². The molecule has 0 amide bonds. The summed E-state index contributed by atoms with van der Waals surface area (Å²) < 4.78 is 22.0. The summed E-state index contributed by atoms with van der Waals surface area (Å²) in [5, 5.41) is 9.87. The number of hydrogen-bond donors (Lipinski definition) is 2. The zero-order valence-corrected chi connectivity index (χ0v) is 23.0. The SMILES string of the molecule is O=C(O)c1ccc2nc(CN3CCC(c4cccc(OCc5ccc(Cl)cc5F)n4)CC3)n(Cc3cc[nH]c3)c2c1. The lowest BCUT2D eigenvalue weighted by Crippen LogP contribution is -2.33.